The van der Waals surface area contributed by atoms with Crippen LogP contribution in [0.4, 0.5) is 0 Å². The zero-order chi connectivity index (χ0) is 6.69. The summed E-state index contributed by atoms with van der Waals surface area (Å²) in [4.78, 5) is 10.6. The summed E-state index contributed by atoms with van der Waals surface area (Å²) in [7, 11) is 0. The highest BCUT2D eigenvalue weighted by Crippen LogP contribution is 2.23. The Morgan fingerprint density at radius 3 is 2.78 bits per heavy atom. The highest BCUT2D eigenvalue weighted by atomic mass is 32.1. The molecule has 0 spiro atoms. The van der Waals surface area contributed by atoms with Crippen molar-refractivity contribution in [3.8, 4) is 0 Å². The lowest BCUT2D eigenvalue weighted by Crippen LogP contribution is -2.05. The number of ether oxygens (including phenoxy) is 1. The Morgan fingerprint density at radius 2 is 2.33 bits per heavy atom. The number of carbonyl (C=O) groups excluding carboxylic acids is 1. The van der Waals surface area contributed by atoms with E-state index in [0.717, 1.165) is 12.8 Å². The molecule has 0 saturated heterocycles. The van der Waals surface area contributed by atoms with Crippen LogP contribution in [0.2, 0.25) is 0 Å². The molecule has 1 saturated carbocycles. The lowest BCUT2D eigenvalue weighted by Gasteiger charge is -1.98. The molecule has 0 heterocycles. The maximum absolute atomic E-state index is 10.6. The van der Waals surface area contributed by atoms with Gasteiger partial charge in [0.1, 0.15) is 6.10 Å². The topological polar surface area (TPSA) is 26.3 Å². The molecule has 1 aliphatic carbocycles. The van der Waals surface area contributed by atoms with Gasteiger partial charge in [-0.1, -0.05) is 0 Å². The monoisotopic (exact) mass is 146 g/mol. The fraction of sp³-hybridized carbons (Fsp3) is 0.833. The van der Waals surface area contributed by atoms with Gasteiger partial charge in [0.25, 0.3) is 0 Å². The quantitative estimate of drug-likeness (QED) is 0.475. The molecule has 1 rings (SSSR count). The summed E-state index contributed by atoms with van der Waals surface area (Å²) >= 11 is 3.90. The molecule has 2 nitrogen and oxygen atoms in total. The first-order valence-corrected chi connectivity index (χ1v) is 3.76. The highest BCUT2D eigenvalue weighted by molar-refractivity contribution is 7.80. The molecular weight excluding hydrogens is 136 g/mol. The molecule has 0 aromatic rings. The van der Waals surface area contributed by atoms with Gasteiger partial charge in [-0.25, -0.2) is 0 Å². The van der Waals surface area contributed by atoms with Crippen LogP contribution >= 0.6 is 12.6 Å². The first-order chi connectivity index (χ1) is 4.33. The summed E-state index contributed by atoms with van der Waals surface area (Å²) in [5.74, 6) is 0.485. The van der Waals surface area contributed by atoms with E-state index in [0.29, 0.717) is 12.2 Å². The molecule has 1 aliphatic rings. The molecule has 1 fully saturated rings. The molecule has 0 N–H and O–H groups in total. The molecule has 9 heavy (non-hydrogen) atoms. The zero-order valence-electron chi connectivity index (χ0n) is 5.17. The van der Waals surface area contributed by atoms with Crippen LogP contribution < -0.4 is 0 Å². The fourth-order valence-electron chi connectivity index (χ4n) is 0.522. The molecule has 0 bridgehead atoms. The molecule has 0 unspecified atom stereocenters. The Morgan fingerprint density at radius 1 is 1.67 bits per heavy atom. The highest BCUT2D eigenvalue weighted by Gasteiger charge is 2.25. The van der Waals surface area contributed by atoms with E-state index in [1.807, 2.05) is 0 Å². The molecule has 0 radical (unpaired) electrons. The Bertz CT molecular complexity index is 110. The Kier molecular flexibility index (Phi) is 2.39. The summed E-state index contributed by atoms with van der Waals surface area (Å²) in [5.41, 5.74) is 0. The molecule has 0 aromatic carbocycles. The van der Waals surface area contributed by atoms with Crippen LogP contribution in [0.25, 0.3) is 0 Å². The van der Waals surface area contributed by atoms with Crippen molar-refractivity contribution in [1.82, 2.24) is 0 Å². The Labute approximate surface area is 60.0 Å². The van der Waals surface area contributed by atoms with E-state index < -0.39 is 0 Å². The maximum Gasteiger partial charge on any atom is 0.306 e. The largest absolute Gasteiger partial charge is 0.462 e. The first-order valence-electron chi connectivity index (χ1n) is 3.13. The summed E-state index contributed by atoms with van der Waals surface area (Å²) < 4.78 is 4.91. The van der Waals surface area contributed by atoms with Crippen molar-refractivity contribution in [2.75, 3.05) is 5.75 Å². The van der Waals surface area contributed by atoms with Crippen molar-refractivity contribution in [3.05, 3.63) is 0 Å². The predicted molar refractivity (Wildman–Crippen MR) is 37.6 cm³/mol. The van der Waals surface area contributed by atoms with E-state index in [1.54, 1.807) is 0 Å². The van der Waals surface area contributed by atoms with Gasteiger partial charge in [0, 0.05) is 5.75 Å². The number of esters is 1. The maximum atomic E-state index is 10.6. The molecular formula is C6H10O2S. The van der Waals surface area contributed by atoms with E-state index in [1.165, 1.54) is 0 Å². The summed E-state index contributed by atoms with van der Waals surface area (Å²) in [6, 6.07) is 0. The number of rotatable bonds is 3. The molecule has 0 aromatic heterocycles. The molecule has 3 heteroatoms. The SMILES string of the molecule is O=C(CCS)OC1CC1. The van der Waals surface area contributed by atoms with Gasteiger partial charge in [0.05, 0.1) is 6.42 Å². The molecule has 0 aliphatic heterocycles. The van der Waals surface area contributed by atoms with Crippen LogP contribution in [0.3, 0.4) is 0 Å². The predicted octanol–water partition coefficient (Wildman–Crippen LogP) is 1.01. The van der Waals surface area contributed by atoms with Gasteiger partial charge in [-0.05, 0) is 12.8 Å². The van der Waals surface area contributed by atoms with E-state index in [-0.39, 0.29) is 12.1 Å². The van der Waals surface area contributed by atoms with Gasteiger partial charge < -0.3 is 4.74 Å². The minimum absolute atomic E-state index is 0.104. The van der Waals surface area contributed by atoms with Crippen molar-refractivity contribution >= 4 is 18.6 Å². The fourth-order valence-corrected chi connectivity index (χ4v) is 0.705. The van der Waals surface area contributed by atoms with Gasteiger partial charge in [-0.3, -0.25) is 4.79 Å². The van der Waals surface area contributed by atoms with Crippen molar-refractivity contribution in [2.45, 2.75) is 25.4 Å². The van der Waals surface area contributed by atoms with Crippen molar-refractivity contribution < 1.29 is 9.53 Å². The summed E-state index contributed by atoms with van der Waals surface area (Å²) in [5, 5.41) is 0. The van der Waals surface area contributed by atoms with Crippen LogP contribution in [-0.2, 0) is 9.53 Å². The third kappa shape index (κ3) is 2.75. The Balaban J connectivity index is 2.02. The van der Waals surface area contributed by atoms with E-state index >= 15 is 0 Å². The lowest BCUT2D eigenvalue weighted by molar-refractivity contribution is -0.144. The van der Waals surface area contributed by atoms with E-state index in [4.69, 9.17) is 4.74 Å². The average Bonchev–Trinajstić information content (AvgIpc) is 2.50. The summed E-state index contributed by atoms with van der Waals surface area (Å²) in [6.45, 7) is 0. The molecule has 0 amide bonds. The van der Waals surface area contributed by atoms with Crippen LogP contribution in [-0.4, -0.2) is 17.8 Å². The summed E-state index contributed by atoms with van der Waals surface area (Å²) in [6.07, 6.45) is 2.80. The zero-order valence-corrected chi connectivity index (χ0v) is 6.06. The Hall–Kier alpha value is -0.180. The van der Waals surface area contributed by atoms with Crippen LogP contribution in [0.1, 0.15) is 19.3 Å². The van der Waals surface area contributed by atoms with Crippen LogP contribution in [0.5, 0.6) is 0 Å². The lowest BCUT2D eigenvalue weighted by atomic mass is 10.5. The molecule has 0 atom stereocenters. The second-order valence-corrected chi connectivity index (χ2v) is 2.61. The standard InChI is InChI=1S/C6H10O2S/c7-6(3-4-9)8-5-1-2-5/h5,9H,1-4H2. The number of thiol groups is 1. The minimum atomic E-state index is -0.104. The number of carbonyl (C=O) groups is 1. The second-order valence-electron chi connectivity index (χ2n) is 2.16. The number of hydrogen-bond donors (Lipinski definition) is 1. The number of hydrogen-bond acceptors (Lipinski definition) is 3. The van der Waals surface area contributed by atoms with Gasteiger partial charge in [0.15, 0.2) is 0 Å². The van der Waals surface area contributed by atoms with Crippen molar-refractivity contribution in [1.29, 1.82) is 0 Å². The second kappa shape index (κ2) is 3.11. The van der Waals surface area contributed by atoms with Crippen molar-refractivity contribution in [2.24, 2.45) is 0 Å². The van der Waals surface area contributed by atoms with E-state index in [2.05, 4.69) is 12.6 Å². The van der Waals surface area contributed by atoms with E-state index in [9.17, 15) is 4.79 Å². The minimum Gasteiger partial charge on any atom is -0.462 e. The van der Waals surface area contributed by atoms with Gasteiger partial charge >= 0.3 is 5.97 Å². The van der Waals surface area contributed by atoms with Gasteiger partial charge in [-0.15, -0.1) is 0 Å². The molecule has 52 valence electrons. The smallest absolute Gasteiger partial charge is 0.306 e. The normalized spacial score (nSPS) is 17.4. The van der Waals surface area contributed by atoms with Crippen molar-refractivity contribution in [3.63, 3.8) is 0 Å². The van der Waals surface area contributed by atoms with Gasteiger partial charge in [0.2, 0.25) is 0 Å². The third-order valence-electron chi connectivity index (χ3n) is 1.14. The third-order valence-corrected chi connectivity index (χ3v) is 1.36. The van der Waals surface area contributed by atoms with Crippen LogP contribution in [0, 0.1) is 0 Å². The van der Waals surface area contributed by atoms with Gasteiger partial charge in [-0.2, -0.15) is 12.6 Å². The van der Waals surface area contributed by atoms with Crippen LogP contribution in [0.15, 0.2) is 0 Å². The first kappa shape index (κ1) is 6.93. The average molecular weight is 146 g/mol.